The summed E-state index contributed by atoms with van der Waals surface area (Å²) in [6.07, 6.45) is 1.52. The molecule has 5 nitrogen and oxygen atoms in total. The zero-order valence-electron chi connectivity index (χ0n) is 14.0. The third-order valence-corrected chi connectivity index (χ3v) is 4.39. The number of benzene rings is 2. The van der Waals surface area contributed by atoms with Gasteiger partial charge in [-0.3, -0.25) is 0 Å². The van der Waals surface area contributed by atoms with Gasteiger partial charge in [0.05, 0.1) is 24.1 Å². The molecule has 0 amide bonds. The average molecular weight is 336 g/mol. The fraction of sp³-hybridized carbons (Fsp3) is 0.222. The molecule has 126 valence electrons. The van der Waals surface area contributed by atoms with Crippen molar-refractivity contribution in [3.05, 3.63) is 48.4 Å². The Bertz CT molecular complexity index is 897. The molecule has 2 heterocycles. The Labute approximate surface area is 146 Å². The Balaban J connectivity index is 1.53. The van der Waals surface area contributed by atoms with Crippen molar-refractivity contribution in [2.24, 2.45) is 0 Å². The molecular formula is C18H18BFN4O. The highest BCUT2D eigenvalue weighted by atomic mass is 19.1. The summed E-state index contributed by atoms with van der Waals surface area (Å²) in [6.45, 7) is 3.35. The summed E-state index contributed by atoms with van der Waals surface area (Å²) in [4.78, 5) is 10.9. The Morgan fingerprint density at radius 2 is 1.84 bits per heavy atom. The van der Waals surface area contributed by atoms with Gasteiger partial charge in [-0.2, -0.15) is 0 Å². The first-order valence-electron chi connectivity index (χ1n) is 8.32. The second-order valence-corrected chi connectivity index (χ2v) is 6.09. The van der Waals surface area contributed by atoms with Crippen LogP contribution in [0.4, 0.5) is 21.7 Å². The Morgan fingerprint density at radius 1 is 1.08 bits per heavy atom. The van der Waals surface area contributed by atoms with Crippen molar-refractivity contribution in [2.45, 2.75) is 0 Å². The van der Waals surface area contributed by atoms with Crippen molar-refractivity contribution in [2.75, 3.05) is 36.5 Å². The zero-order valence-corrected chi connectivity index (χ0v) is 14.0. The van der Waals surface area contributed by atoms with Gasteiger partial charge in [-0.15, -0.1) is 0 Å². The number of halogens is 1. The van der Waals surface area contributed by atoms with E-state index in [0.29, 0.717) is 22.3 Å². The smallest absolute Gasteiger partial charge is 0.227 e. The Morgan fingerprint density at radius 3 is 2.60 bits per heavy atom. The molecule has 0 bridgehead atoms. The number of morpholine rings is 1. The molecular weight excluding hydrogens is 318 g/mol. The van der Waals surface area contributed by atoms with Crippen molar-refractivity contribution in [1.82, 2.24) is 9.97 Å². The number of fused-ring (bicyclic) bond motifs is 1. The van der Waals surface area contributed by atoms with Crippen LogP contribution in [-0.2, 0) is 4.74 Å². The summed E-state index contributed by atoms with van der Waals surface area (Å²) in [5, 5.41) is 3.61. The minimum Gasteiger partial charge on any atom is -0.378 e. The molecule has 0 saturated carbocycles. The van der Waals surface area contributed by atoms with Gasteiger partial charge >= 0.3 is 0 Å². The maximum atomic E-state index is 14.1. The van der Waals surface area contributed by atoms with Crippen LogP contribution in [0.3, 0.4) is 0 Å². The summed E-state index contributed by atoms with van der Waals surface area (Å²) in [5.74, 6) is 0.189. The van der Waals surface area contributed by atoms with Crippen LogP contribution in [0.1, 0.15) is 0 Å². The predicted octanol–water partition coefficient (Wildman–Crippen LogP) is 1.61. The van der Waals surface area contributed by atoms with E-state index in [1.807, 2.05) is 18.2 Å². The van der Waals surface area contributed by atoms with E-state index in [4.69, 9.17) is 4.74 Å². The van der Waals surface area contributed by atoms with Gasteiger partial charge in [-0.1, -0.05) is 11.5 Å². The lowest BCUT2D eigenvalue weighted by atomic mass is 9.94. The van der Waals surface area contributed by atoms with E-state index in [0.717, 1.165) is 32.0 Å². The first-order chi connectivity index (χ1) is 12.2. The number of ether oxygens (including phenoxy) is 1. The lowest BCUT2D eigenvalue weighted by Crippen LogP contribution is -2.36. The van der Waals surface area contributed by atoms with Crippen molar-refractivity contribution in [3.63, 3.8) is 0 Å². The van der Waals surface area contributed by atoms with E-state index >= 15 is 0 Å². The summed E-state index contributed by atoms with van der Waals surface area (Å²) in [5.41, 5.74) is 3.25. The maximum Gasteiger partial charge on any atom is 0.227 e. The zero-order chi connectivity index (χ0) is 17.2. The van der Waals surface area contributed by atoms with Crippen LogP contribution >= 0.6 is 0 Å². The molecule has 4 rings (SSSR count). The van der Waals surface area contributed by atoms with Gasteiger partial charge in [-0.25, -0.2) is 14.4 Å². The van der Waals surface area contributed by atoms with E-state index in [1.165, 1.54) is 11.9 Å². The van der Waals surface area contributed by atoms with Crippen LogP contribution in [0.2, 0.25) is 0 Å². The van der Waals surface area contributed by atoms with Gasteiger partial charge in [0.25, 0.3) is 0 Å². The molecule has 2 aromatic carbocycles. The molecule has 0 spiro atoms. The fourth-order valence-electron chi connectivity index (χ4n) is 2.95. The van der Waals surface area contributed by atoms with E-state index in [-0.39, 0.29) is 5.82 Å². The molecule has 1 aliphatic heterocycles. The minimum absolute atomic E-state index is 0.265. The van der Waals surface area contributed by atoms with E-state index in [1.54, 1.807) is 13.9 Å². The molecule has 1 aromatic heterocycles. The number of nitrogens with one attached hydrogen (secondary N) is 1. The van der Waals surface area contributed by atoms with Crippen molar-refractivity contribution < 1.29 is 9.13 Å². The molecule has 0 unspecified atom stereocenters. The van der Waals surface area contributed by atoms with Crippen molar-refractivity contribution in [1.29, 1.82) is 0 Å². The average Bonchev–Trinajstić information content (AvgIpc) is 2.66. The third kappa shape index (κ3) is 3.28. The summed E-state index contributed by atoms with van der Waals surface area (Å²) in [7, 11) is 1.73. The second kappa shape index (κ2) is 6.68. The molecule has 25 heavy (non-hydrogen) atoms. The molecule has 0 aliphatic carbocycles. The molecule has 7 heteroatoms. The first kappa shape index (κ1) is 15.8. The van der Waals surface area contributed by atoms with Crippen LogP contribution in [0.25, 0.3) is 10.9 Å². The van der Waals surface area contributed by atoms with E-state index in [9.17, 15) is 4.39 Å². The van der Waals surface area contributed by atoms with Crippen LogP contribution < -0.4 is 15.7 Å². The normalized spacial score (nSPS) is 14.7. The number of hydrogen-bond donors (Lipinski definition) is 1. The lowest BCUT2D eigenvalue weighted by Gasteiger charge is -2.28. The molecule has 1 aliphatic rings. The standard InChI is InChI=1S/C18H18BFN4O/c19-15-5-6-16-14(17(15)20)11-21-18(23-16)22-12-1-3-13(4-2-12)24-7-9-25-10-8-24/h1-6,11H,7-10,19H2,(H,21,22,23). The Hall–Kier alpha value is -2.67. The minimum atomic E-state index is -0.265. The number of nitrogens with zero attached hydrogens (tertiary/aromatic N) is 3. The molecule has 3 aromatic rings. The predicted molar refractivity (Wildman–Crippen MR) is 100 cm³/mol. The largest absolute Gasteiger partial charge is 0.378 e. The van der Waals surface area contributed by atoms with Crippen molar-refractivity contribution in [3.8, 4) is 0 Å². The van der Waals surface area contributed by atoms with Crippen molar-refractivity contribution >= 4 is 41.5 Å². The lowest BCUT2D eigenvalue weighted by molar-refractivity contribution is 0.122. The maximum absolute atomic E-state index is 14.1. The third-order valence-electron chi connectivity index (χ3n) is 4.39. The number of hydrogen-bond acceptors (Lipinski definition) is 5. The Kier molecular flexibility index (Phi) is 4.23. The van der Waals surface area contributed by atoms with Crippen LogP contribution in [0.15, 0.2) is 42.6 Å². The van der Waals surface area contributed by atoms with Gasteiger partial charge in [0.1, 0.15) is 13.7 Å². The SMILES string of the molecule is Bc1ccc2nc(Nc3ccc(N4CCOCC4)cc3)ncc2c1F. The summed E-state index contributed by atoms with van der Waals surface area (Å²) in [6, 6.07) is 11.7. The van der Waals surface area contributed by atoms with Crippen LogP contribution in [0.5, 0.6) is 0 Å². The van der Waals surface area contributed by atoms with E-state index in [2.05, 4.69) is 32.3 Å². The molecule has 0 radical (unpaired) electrons. The fourth-order valence-corrected chi connectivity index (χ4v) is 2.95. The molecule has 1 N–H and O–H groups in total. The number of anilines is 3. The molecule has 0 atom stereocenters. The number of rotatable bonds is 3. The van der Waals surface area contributed by atoms with Gasteiger partial charge in [0.2, 0.25) is 5.95 Å². The second-order valence-electron chi connectivity index (χ2n) is 6.09. The van der Waals surface area contributed by atoms with Gasteiger partial charge in [0.15, 0.2) is 0 Å². The summed E-state index contributed by atoms with van der Waals surface area (Å²) < 4.78 is 19.4. The van der Waals surface area contributed by atoms with E-state index < -0.39 is 0 Å². The van der Waals surface area contributed by atoms with Crippen LogP contribution in [0, 0.1) is 5.82 Å². The molecule has 1 fully saturated rings. The highest BCUT2D eigenvalue weighted by molar-refractivity contribution is 6.33. The van der Waals surface area contributed by atoms with Gasteiger partial charge < -0.3 is 15.0 Å². The summed E-state index contributed by atoms with van der Waals surface area (Å²) >= 11 is 0. The topological polar surface area (TPSA) is 50.3 Å². The molecule has 1 saturated heterocycles. The first-order valence-corrected chi connectivity index (χ1v) is 8.32. The monoisotopic (exact) mass is 336 g/mol. The quantitative estimate of drug-likeness (QED) is 0.737. The van der Waals surface area contributed by atoms with Crippen LogP contribution in [-0.4, -0.2) is 44.1 Å². The number of aromatic nitrogens is 2. The highest BCUT2D eigenvalue weighted by Gasteiger charge is 2.11. The highest BCUT2D eigenvalue weighted by Crippen LogP contribution is 2.22. The van der Waals surface area contributed by atoms with Gasteiger partial charge in [-0.05, 0) is 30.3 Å². The van der Waals surface area contributed by atoms with Gasteiger partial charge in [0, 0.05) is 30.7 Å².